The van der Waals surface area contributed by atoms with Gasteiger partial charge in [-0.1, -0.05) is 32.1 Å². The Morgan fingerprint density at radius 2 is 1.76 bits per heavy atom. The molecule has 1 unspecified atom stereocenters. The van der Waals surface area contributed by atoms with Gasteiger partial charge >= 0.3 is 0 Å². The molecule has 0 saturated carbocycles. The van der Waals surface area contributed by atoms with Crippen LogP contribution in [0.1, 0.15) is 27.7 Å². The summed E-state index contributed by atoms with van der Waals surface area (Å²) in [5.41, 5.74) is 1.34. The average molecular weight is 258 g/mol. The molecular formula is C12H22N2O2S. The van der Waals surface area contributed by atoms with Gasteiger partial charge in [-0.3, -0.25) is 4.72 Å². The van der Waals surface area contributed by atoms with E-state index in [0.717, 1.165) is 5.57 Å². The van der Waals surface area contributed by atoms with Crippen LogP contribution in [-0.4, -0.2) is 14.5 Å². The van der Waals surface area contributed by atoms with Gasteiger partial charge in [0.2, 0.25) is 0 Å². The Labute approximate surface area is 105 Å². The Balaban J connectivity index is 4.88. The first kappa shape index (κ1) is 15.9. The van der Waals surface area contributed by atoms with Crippen molar-refractivity contribution in [3.05, 3.63) is 36.6 Å². The highest BCUT2D eigenvalue weighted by atomic mass is 32.2. The van der Waals surface area contributed by atoms with E-state index >= 15 is 0 Å². The molecule has 5 heteroatoms. The second kappa shape index (κ2) is 6.61. The van der Waals surface area contributed by atoms with E-state index in [2.05, 4.69) is 22.6 Å². The van der Waals surface area contributed by atoms with Gasteiger partial charge in [0, 0.05) is 11.7 Å². The minimum atomic E-state index is -3.59. The fourth-order valence-electron chi connectivity index (χ4n) is 1.16. The summed E-state index contributed by atoms with van der Waals surface area (Å²) in [5, 5.41) is 0. The summed E-state index contributed by atoms with van der Waals surface area (Å²) >= 11 is 0. The van der Waals surface area contributed by atoms with E-state index in [1.165, 1.54) is 6.08 Å². The van der Waals surface area contributed by atoms with Gasteiger partial charge in [-0.15, -0.1) is 6.58 Å². The van der Waals surface area contributed by atoms with Gasteiger partial charge in [-0.05, 0) is 25.8 Å². The van der Waals surface area contributed by atoms with Crippen LogP contribution in [0.15, 0.2) is 36.6 Å². The fourth-order valence-corrected chi connectivity index (χ4v) is 2.52. The summed E-state index contributed by atoms with van der Waals surface area (Å²) in [6.07, 6.45) is 3.06. The van der Waals surface area contributed by atoms with Crippen LogP contribution in [0.2, 0.25) is 0 Å². The molecule has 0 aromatic rings. The summed E-state index contributed by atoms with van der Waals surface area (Å²) in [4.78, 5) is 0. The Morgan fingerprint density at radius 1 is 1.24 bits per heavy atom. The van der Waals surface area contributed by atoms with Gasteiger partial charge in [0.25, 0.3) is 10.2 Å². The number of rotatable bonds is 7. The molecule has 2 N–H and O–H groups in total. The normalized spacial score (nSPS) is 13.0. The number of allylic oxidation sites excluding steroid dienone is 2. The van der Waals surface area contributed by atoms with Crippen LogP contribution in [0, 0.1) is 5.92 Å². The molecule has 0 spiro atoms. The van der Waals surface area contributed by atoms with Crippen LogP contribution in [0.3, 0.4) is 0 Å². The van der Waals surface area contributed by atoms with E-state index < -0.39 is 10.2 Å². The standard InChI is InChI=1S/C12H22N2O2S/c1-7-11(9(3)4)13-17(15,16)14-12(8-2)10(5)6/h7-9,11,13-14H,1-2H2,3-6H3. The SMILES string of the molecule is C=CC(NS(=O)(=O)NC(C=C)C(C)C)=C(C)C. The molecule has 0 aliphatic rings. The Bertz CT molecular complexity index is 404. The topological polar surface area (TPSA) is 58.2 Å². The lowest BCUT2D eigenvalue weighted by Gasteiger charge is -2.19. The molecule has 0 aliphatic carbocycles. The third-order valence-corrected chi connectivity index (χ3v) is 3.32. The highest BCUT2D eigenvalue weighted by molar-refractivity contribution is 7.87. The van der Waals surface area contributed by atoms with Crippen molar-refractivity contribution in [1.29, 1.82) is 0 Å². The second-order valence-electron chi connectivity index (χ2n) is 4.35. The molecule has 0 aromatic carbocycles. The van der Waals surface area contributed by atoms with E-state index in [1.807, 2.05) is 27.7 Å². The first-order chi connectivity index (χ1) is 7.73. The van der Waals surface area contributed by atoms with Crippen molar-refractivity contribution in [2.45, 2.75) is 33.7 Å². The van der Waals surface area contributed by atoms with Crippen LogP contribution in [-0.2, 0) is 10.2 Å². The molecule has 0 rings (SSSR count). The van der Waals surface area contributed by atoms with Gasteiger partial charge in [-0.2, -0.15) is 13.1 Å². The number of hydrogen-bond donors (Lipinski definition) is 2. The van der Waals surface area contributed by atoms with Crippen LogP contribution >= 0.6 is 0 Å². The van der Waals surface area contributed by atoms with E-state index in [0.29, 0.717) is 5.70 Å². The van der Waals surface area contributed by atoms with Gasteiger partial charge in [0.15, 0.2) is 0 Å². The fraction of sp³-hybridized carbons (Fsp3) is 0.500. The first-order valence-corrected chi connectivity index (χ1v) is 6.94. The zero-order chi connectivity index (χ0) is 13.6. The summed E-state index contributed by atoms with van der Waals surface area (Å²) in [5.74, 6) is 0.142. The summed E-state index contributed by atoms with van der Waals surface area (Å²) in [6.45, 7) is 14.6. The van der Waals surface area contributed by atoms with Crippen LogP contribution in [0.4, 0.5) is 0 Å². The van der Waals surface area contributed by atoms with Crippen molar-refractivity contribution in [2.75, 3.05) is 0 Å². The minimum absolute atomic E-state index is 0.142. The molecule has 1 atom stereocenters. The van der Waals surface area contributed by atoms with Crippen molar-refractivity contribution < 1.29 is 8.42 Å². The summed E-state index contributed by atoms with van der Waals surface area (Å²) in [6, 6.07) is -0.296. The molecule has 0 aromatic heterocycles. The van der Waals surface area contributed by atoms with Gasteiger partial charge in [0.05, 0.1) is 0 Å². The van der Waals surface area contributed by atoms with Crippen molar-refractivity contribution >= 4 is 10.2 Å². The lowest BCUT2D eigenvalue weighted by atomic mass is 10.1. The Morgan fingerprint density at radius 3 is 2.06 bits per heavy atom. The van der Waals surface area contributed by atoms with Gasteiger partial charge < -0.3 is 0 Å². The molecule has 0 saturated heterocycles. The number of nitrogens with one attached hydrogen (secondary N) is 2. The maximum Gasteiger partial charge on any atom is 0.299 e. The molecule has 4 nitrogen and oxygen atoms in total. The van der Waals surface area contributed by atoms with Gasteiger partial charge in [-0.25, -0.2) is 0 Å². The van der Waals surface area contributed by atoms with Crippen LogP contribution < -0.4 is 9.44 Å². The van der Waals surface area contributed by atoms with Crippen molar-refractivity contribution in [3.63, 3.8) is 0 Å². The molecule has 0 aliphatic heterocycles. The molecule has 0 heterocycles. The third-order valence-electron chi connectivity index (χ3n) is 2.25. The van der Waals surface area contributed by atoms with Gasteiger partial charge in [0.1, 0.15) is 0 Å². The Hall–Kier alpha value is -1.07. The molecule has 0 bridgehead atoms. The van der Waals surface area contributed by atoms with E-state index in [1.54, 1.807) is 6.08 Å². The van der Waals surface area contributed by atoms with Crippen LogP contribution in [0.5, 0.6) is 0 Å². The predicted molar refractivity (Wildman–Crippen MR) is 72.6 cm³/mol. The van der Waals surface area contributed by atoms with E-state index in [9.17, 15) is 8.42 Å². The summed E-state index contributed by atoms with van der Waals surface area (Å²) < 4.78 is 28.6. The zero-order valence-electron chi connectivity index (χ0n) is 10.9. The van der Waals surface area contributed by atoms with Crippen molar-refractivity contribution in [3.8, 4) is 0 Å². The molecule has 0 fully saturated rings. The minimum Gasteiger partial charge on any atom is -0.271 e. The highest BCUT2D eigenvalue weighted by Crippen LogP contribution is 2.06. The zero-order valence-corrected chi connectivity index (χ0v) is 11.8. The lowest BCUT2D eigenvalue weighted by molar-refractivity contribution is 0.505. The molecule has 98 valence electrons. The first-order valence-electron chi connectivity index (χ1n) is 5.46. The average Bonchev–Trinajstić information content (AvgIpc) is 2.22. The van der Waals surface area contributed by atoms with Crippen LogP contribution in [0.25, 0.3) is 0 Å². The second-order valence-corrected chi connectivity index (χ2v) is 5.79. The molecule has 17 heavy (non-hydrogen) atoms. The van der Waals surface area contributed by atoms with Crippen molar-refractivity contribution in [1.82, 2.24) is 9.44 Å². The van der Waals surface area contributed by atoms with Crippen molar-refractivity contribution in [2.24, 2.45) is 5.92 Å². The Kier molecular flexibility index (Phi) is 6.20. The highest BCUT2D eigenvalue weighted by Gasteiger charge is 2.18. The number of hydrogen-bond acceptors (Lipinski definition) is 2. The van der Waals surface area contributed by atoms with E-state index in [-0.39, 0.29) is 12.0 Å². The maximum atomic E-state index is 11.8. The smallest absolute Gasteiger partial charge is 0.271 e. The molecule has 0 radical (unpaired) electrons. The van der Waals surface area contributed by atoms with E-state index in [4.69, 9.17) is 0 Å². The third kappa shape index (κ3) is 5.70. The summed E-state index contributed by atoms with van der Waals surface area (Å²) in [7, 11) is -3.59. The largest absolute Gasteiger partial charge is 0.299 e. The monoisotopic (exact) mass is 258 g/mol. The molecule has 0 amide bonds. The quantitative estimate of drug-likeness (QED) is 0.543. The predicted octanol–water partition coefficient (Wildman–Crippen LogP) is 2.10. The maximum absolute atomic E-state index is 11.8. The lowest BCUT2D eigenvalue weighted by Crippen LogP contribution is -2.43. The molecular weight excluding hydrogens is 236 g/mol.